The van der Waals surface area contributed by atoms with Gasteiger partial charge in [-0.05, 0) is 17.7 Å². The maximum Gasteiger partial charge on any atom is 0.269 e. The van der Waals surface area contributed by atoms with Crippen LogP contribution in [0.5, 0.6) is 0 Å². The van der Waals surface area contributed by atoms with Crippen LogP contribution in [-0.4, -0.2) is 19.6 Å². The molecule has 3 aromatic rings. The molecule has 0 spiro atoms. The number of nitrogens with one attached hydrogen (secondary N) is 1. The molecule has 1 aliphatic rings. The summed E-state index contributed by atoms with van der Waals surface area (Å²) < 4.78 is 8.57. The minimum atomic E-state index is -0.432. The number of nitro groups is 1. The molecule has 114 valence electrons. The average Bonchev–Trinajstić information content (AvgIpc) is 3.02. The molecule has 0 fully saturated rings. The summed E-state index contributed by atoms with van der Waals surface area (Å²) in [6.07, 6.45) is 0.227. The summed E-state index contributed by atoms with van der Waals surface area (Å²) in [5.41, 5.74) is 3.81. The van der Waals surface area contributed by atoms with Crippen LogP contribution in [0.4, 0.5) is 11.4 Å². The molecule has 0 unspecified atom stereocenters. The molecule has 1 atom stereocenters. The first kappa shape index (κ1) is 13.8. The first-order valence-corrected chi connectivity index (χ1v) is 7.66. The topological polar surface area (TPSA) is 98.0 Å². The fourth-order valence-electron chi connectivity index (χ4n) is 2.96. The number of carbonyl (C=O) groups excluding carboxylic acids is 1. The fourth-order valence-corrected chi connectivity index (χ4v) is 3.51. The summed E-state index contributed by atoms with van der Waals surface area (Å²) >= 11 is 1.11. The van der Waals surface area contributed by atoms with Gasteiger partial charge in [0.15, 0.2) is 0 Å². The molecule has 4 rings (SSSR count). The van der Waals surface area contributed by atoms with Crippen molar-refractivity contribution < 1.29 is 9.72 Å². The second kappa shape index (κ2) is 5.10. The van der Waals surface area contributed by atoms with Crippen LogP contribution in [-0.2, 0) is 4.79 Å². The van der Waals surface area contributed by atoms with E-state index in [-0.39, 0.29) is 23.9 Å². The maximum absolute atomic E-state index is 12.0. The number of rotatable bonds is 2. The van der Waals surface area contributed by atoms with Crippen LogP contribution in [0.15, 0.2) is 36.4 Å². The number of benzene rings is 2. The van der Waals surface area contributed by atoms with E-state index in [0.717, 1.165) is 33.9 Å². The van der Waals surface area contributed by atoms with E-state index in [1.807, 2.05) is 6.07 Å². The van der Waals surface area contributed by atoms with E-state index in [1.54, 1.807) is 18.2 Å². The molecular formula is C15H10N4O3S. The van der Waals surface area contributed by atoms with E-state index in [9.17, 15) is 14.9 Å². The van der Waals surface area contributed by atoms with Gasteiger partial charge in [0.2, 0.25) is 5.91 Å². The number of hydrogen-bond acceptors (Lipinski definition) is 6. The molecule has 0 saturated carbocycles. The van der Waals surface area contributed by atoms with Crippen LogP contribution in [0.3, 0.4) is 0 Å². The molecule has 0 aliphatic carbocycles. The van der Waals surface area contributed by atoms with Gasteiger partial charge in [-0.3, -0.25) is 14.9 Å². The number of nitro benzene ring substituents is 1. The molecule has 0 bridgehead atoms. The first-order chi connectivity index (χ1) is 11.1. The number of amides is 1. The van der Waals surface area contributed by atoms with E-state index >= 15 is 0 Å². The number of anilines is 1. The van der Waals surface area contributed by atoms with Crippen LogP contribution >= 0.6 is 11.7 Å². The molecule has 1 aromatic heterocycles. The Morgan fingerprint density at radius 3 is 2.96 bits per heavy atom. The molecule has 0 radical (unpaired) electrons. The van der Waals surface area contributed by atoms with Gasteiger partial charge in [0.05, 0.1) is 16.7 Å². The number of carbonyl (C=O) groups is 1. The largest absolute Gasteiger partial charge is 0.326 e. The van der Waals surface area contributed by atoms with E-state index in [1.165, 1.54) is 12.1 Å². The van der Waals surface area contributed by atoms with Crippen molar-refractivity contribution in [2.75, 3.05) is 5.32 Å². The number of nitrogens with zero attached hydrogens (tertiary/aromatic N) is 3. The van der Waals surface area contributed by atoms with Crippen LogP contribution in [0.1, 0.15) is 23.5 Å². The lowest BCUT2D eigenvalue weighted by molar-refractivity contribution is -0.384. The summed E-state index contributed by atoms with van der Waals surface area (Å²) in [4.78, 5) is 22.6. The highest BCUT2D eigenvalue weighted by molar-refractivity contribution is 7.00. The predicted molar refractivity (Wildman–Crippen MR) is 85.6 cm³/mol. The normalized spacial score (nSPS) is 16.9. The SMILES string of the molecule is O=C1C[C@H](c2cccc([N+](=O)[O-])c2)c2c(ccc3nsnc23)N1. The molecule has 2 aromatic carbocycles. The summed E-state index contributed by atoms with van der Waals surface area (Å²) in [5, 5.41) is 13.9. The minimum Gasteiger partial charge on any atom is -0.326 e. The van der Waals surface area contributed by atoms with Crippen molar-refractivity contribution >= 4 is 40.0 Å². The van der Waals surface area contributed by atoms with Crippen molar-refractivity contribution in [3.8, 4) is 0 Å². The first-order valence-electron chi connectivity index (χ1n) is 6.93. The van der Waals surface area contributed by atoms with E-state index in [0.29, 0.717) is 5.69 Å². The Morgan fingerprint density at radius 1 is 1.26 bits per heavy atom. The van der Waals surface area contributed by atoms with Gasteiger partial charge < -0.3 is 5.32 Å². The zero-order valence-electron chi connectivity index (χ0n) is 11.7. The molecule has 2 heterocycles. The number of fused-ring (bicyclic) bond motifs is 3. The van der Waals surface area contributed by atoms with Crippen molar-refractivity contribution in [1.29, 1.82) is 0 Å². The van der Waals surface area contributed by atoms with Crippen molar-refractivity contribution in [2.24, 2.45) is 0 Å². The second-order valence-electron chi connectivity index (χ2n) is 5.32. The number of non-ortho nitro benzene ring substituents is 1. The Bertz CT molecular complexity index is 953. The van der Waals surface area contributed by atoms with Gasteiger partial charge in [-0.15, -0.1) is 0 Å². The van der Waals surface area contributed by atoms with Crippen LogP contribution < -0.4 is 5.32 Å². The highest BCUT2D eigenvalue weighted by atomic mass is 32.1. The third-order valence-corrected chi connectivity index (χ3v) is 4.51. The van der Waals surface area contributed by atoms with Gasteiger partial charge in [0.25, 0.3) is 5.69 Å². The van der Waals surface area contributed by atoms with Gasteiger partial charge in [0, 0.05) is 35.7 Å². The van der Waals surface area contributed by atoms with Gasteiger partial charge in [-0.1, -0.05) is 12.1 Å². The molecule has 1 N–H and O–H groups in total. The van der Waals surface area contributed by atoms with E-state index in [4.69, 9.17) is 0 Å². The zero-order valence-corrected chi connectivity index (χ0v) is 12.5. The van der Waals surface area contributed by atoms with E-state index in [2.05, 4.69) is 14.1 Å². The highest BCUT2D eigenvalue weighted by Crippen LogP contribution is 2.41. The van der Waals surface area contributed by atoms with Gasteiger partial charge in [-0.2, -0.15) is 8.75 Å². The van der Waals surface area contributed by atoms with Crippen molar-refractivity contribution in [1.82, 2.24) is 8.75 Å². The van der Waals surface area contributed by atoms with Crippen LogP contribution in [0.2, 0.25) is 0 Å². The van der Waals surface area contributed by atoms with Crippen LogP contribution in [0.25, 0.3) is 11.0 Å². The maximum atomic E-state index is 12.0. The smallest absolute Gasteiger partial charge is 0.269 e. The van der Waals surface area contributed by atoms with Gasteiger partial charge >= 0.3 is 0 Å². The van der Waals surface area contributed by atoms with E-state index < -0.39 is 4.92 Å². The Kier molecular flexibility index (Phi) is 3.05. The standard InChI is InChI=1S/C15H10N4O3S/c20-13-7-10(8-2-1-3-9(6-8)19(21)22)14-11(16-13)4-5-12-15(14)18-23-17-12/h1-6,10H,7H2,(H,16,20)/t10-/m1/s1. The molecule has 7 nitrogen and oxygen atoms in total. The number of aromatic nitrogens is 2. The molecule has 8 heteroatoms. The monoisotopic (exact) mass is 326 g/mol. The zero-order chi connectivity index (χ0) is 16.0. The van der Waals surface area contributed by atoms with Gasteiger partial charge in [-0.25, -0.2) is 0 Å². The predicted octanol–water partition coefficient (Wildman–Crippen LogP) is 3.07. The summed E-state index contributed by atoms with van der Waals surface area (Å²) in [6.45, 7) is 0. The lowest BCUT2D eigenvalue weighted by Gasteiger charge is -2.26. The fraction of sp³-hybridized carbons (Fsp3) is 0.133. The summed E-state index contributed by atoms with van der Waals surface area (Å²) in [7, 11) is 0. The molecule has 0 saturated heterocycles. The summed E-state index contributed by atoms with van der Waals surface area (Å²) in [6, 6.07) is 10.0. The third kappa shape index (κ3) is 2.23. The minimum absolute atomic E-state index is 0.0126. The Hall–Kier alpha value is -2.87. The lowest BCUT2D eigenvalue weighted by Crippen LogP contribution is -2.23. The van der Waals surface area contributed by atoms with Gasteiger partial charge in [0.1, 0.15) is 11.0 Å². The molecule has 1 aliphatic heterocycles. The lowest BCUT2D eigenvalue weighted by atomic mass is 9.84. The third-order valence-electron chi connectivity index (χ3n) is 3.96. The highest BCUT2D eigenvalue weighted by Gasteiger charge is 2.30. The average molecular weight is 326 g/mol. The molecule has 1 amide bonds. The Balaban J connectivity index is 1.93. The van der Waals surface area contributed by atoms with Crippen molar-refractivity contribution in [3.63, 3.8) is 0 Å². The van der Waals surface area contributed by atoms with Crippen LogP contribution in [0, 0.1) is 10.1 Å². The Morgan fingerprint density at radius 2 is 2.13 bits per heavy atom. The van der Waals surface area contributed by atoms with Crippen molar-refractivity contribution in [3.05, 3.63) is 57.6 Å². The number of hydrogen-bond donors (Lipinski definition) is 1. The molecule has 23 heavy (non-hydrogen) atoms. The quantitative estimate of drug-likeness (QED) is 0.576. The molecular weight excluding hydrogens is 316 g/mol. The van der Waals surface area contributed by atoms with Crippen molar-refractivity contribution in [2.45, 2.75) is 12.3 Å². The second-order valence-corrected chi connectivity index (χ2v) is 5.84. The Labute approximate surface area is 134 Å². The summed E-state index contributed by atoms with van der Waals surface area (Å²) in [5.74, 6) is -0.386.